The molecule has 0 radical (unpaired) electrons. The van der Waals surface area contributed by atoms with Crippen LogP contribution in [-0.4, -0.2) is 19.4 Å². The molecule has 1 amide bonds. The van der Waals surface area contributed by atoms with E-state index < -0.39 is 12.3 Å². The second kappa shape index (κ2) is 4.59. The van der Waals surface area contributed by atoms with E-state index in [1.807, 2.05) is 5.32 Å². The Labute approximate surface area is 85.0 Å². The van der Waals surface area contributed by atoms with Crippen LogP contribution >= 0.6 is 0 Å². The van der Waals surface area contributed by atoms with Crippen molar-refractivity contribution in [2.45, 2.75) is 6.43 Å². The van der Waals surface area contributed by atoms with Crippen LogP contribution in [0.2, 0.25) is 0 Å². The van der Waals surface area contributed by atoms with Gasteiger partial charge >= 0.3 is 6.43 Å². The van der Waals surface area contributed by atoms with E-state index in [1.165, 1.54) is 25.3 Å². The Kier molecular flexibility index (Phi) is 3.43. The Bertz CT molecular complexity index is 369. The Morgan fingerprint density at radius 2 is 2.20 bits per heavy atom. The molecule has 82 valence electrons. The summed E-state index contributed by atoms with van der Waals surface area (Å²) >= 11 is 0. The van der Waals surface area contributed by atoms with Crippen molar-refractivity contribution in [1.82, 2.24) is 0 Å². The smallest absolute Gasteiger partial charge is 0.315 e. The maximum Gasteiger partial charge on any atom is 0.315 e. The normalized spacial score (nSPS) is 10.1. The van der Waals surface area contributed by atoms with Gasteiger partial charge in [-0.25, -0.2) is 0 Å². The number of ether oxygens (including phenoxy) is 1. The van der Waals surface area contributed by atoms with E-state index in [9.17, 15) is 13.6 Å². The third kappa shape index (κ3) is 2.80. The number of halogens is 2. The summed E-state index contributed by atoms with van der Waals surface area (Å²) in [6.45, 7) is 0. The number of methoxy groups -OCH3 is 1. The fourth-order valence-electron chi connectivity index (χ4n) is 1.01. The zero-order valence-corrected chi connectivity index (χ0v) is 7.96. The number of hydrogen-bond donors (Lipinski definition) is 2. The van der Waals surface area contributed by atoms with Crippen LogP contribution in [-0.2, 0) is 4.79 Å². The molecular formula is C9H10F2N2O2. The summed E-state index contributed by atoms with van der Waals surface area (Å²) in [5.74, 6) is -0.940. The SMILES string of the molecule is COc1ccc(NC(=O)C(F)F)cc1N. The lowest BCUT2D eigenvalue weighted by atomic mass is 10.2. The van der Waals surface area contributed by atoms with Crippen molar-refractivity contribution in [3.05, 3.63) is 18.2 Å². The molecule has 1 rings (SSSR count). The molecule has 0 aromatic heterocycles. The number of rotatable bonds is 3. The highest BCUT2D eigenvalue weighted by atomic mass is 19.3. The molecule has 1 aromatic carbocycles. The molecule has 0 aliphatic rings. The van der Waals surface area contributed by atoms with Crippen LogP contribution in [0.3, 0.4) is 0 Å². The Hall–Kier alpha value is -1.85. The first-order valence-electron chi connectivity index (χ1n) is 4.07. The van der Waals surface area contributed by atoms with Gasteiger partial charge in [-0.1, -0.05) is 0 Å². The number of hydrogen-bond acceptors (Lipinski definition) is 3. The van der Waals surface area contributed by atoms with Gasteiger partial charge in [0.05, 0.1) is 12.8 Å². The highest BCUT2D eigenvalue weighted by molar-refractivity contribution is 5.93. The molecule has 0 fully saturated rings. The topological polar surface area (TPSA) is 64.3 Å². The van der Waals surface area contributed by atoms with Crippen molar-refractivity contribution in [2.24, 2.45) is 0 Å². The van der Waals surface area contributed by atoms with E-state index in [0.29, 0.717) is 5.75 Å². The number of nitrogens with two attached hydrogens (primary N) is 1. The maximum atomic E-state index is 11.9. The first-order chi connectivity index (χ1) is 7.04. The van der Waals surface area contributed by atoms with Crippen LogP contribution in [0.4, 0.5) is 20.2 Å². The van der Waals surface area contributed by atoms with Gasteiger partial charge in [0.25, 0.3) is 5.91 Å². The van der Waals surface area contributed by atoms with Crippen LogP contribution in [0.1, 0.15) is 0 Å². The van der Waals surface area contributed by atoms with Gasteiger partial charge in [-0.15, -0.1) is 0 Å². The molecule has 4 nitrogen and oxygen atoms in total. The number of nitrogen functional groups attached to an aromatic ring is 1. The first-order valence-corrected chi connectivity index (χ1v) is 4.07. The summed E-state index contributed by atoms with van der Waals surface area (Å²) in [4.78, 5) is 10.6. The average molecular weight is 216 g/mol. The van der Waals surface area contributed by atoms with Crippen LogP contribution < -0.4 is 15.8 Å². The third-order valence-electron chi connectivity index (χ3n) is 1.70. The Balaban J connectivity index is 2.80. The lowest BCUT2D eigenvalue weighted by Gasteiger charge is -2.08. The second-order valence-corrected chi connectivity index (χ2v) is 2.75. The molecule has 0 atom stereocenters. The quantitative estimate of drug-likeness (QED) is 0.752. The van der Waals surface area contributed by atoms with Crippen LogP contribution in [0.25, 0.3) is 0 Å². The molecule has 3 N–H and O–H groups in total. The van der Waals surface area contributed by atoms with Gasteiger partial charge in [-0.3, -0.25) is 4.79 Å². The van der Waals surface area contributed by atoms with Gasteiger partial charge in [0.2, 0.25) is 0 Å². The summed E-state index contributed by atoms with van der Waals surface area (Å²) in [5, 5.41) is 2.01. The third-order valence-corrected chi connectivity index (χ3v) is 1.70. The number of benzene rings is 1. The molecule has 0 aliphatic carbocycles. The monoisotopic (exact) mass is 216 g/mol. The summed E-state index contributed by atoms with van der Waals surface area (Å²) in [6, 6.07) is 4.25. The number of carbonyl (C=O) groups excluding carboxylic acids is 1. The molecule has 0 saturated heterocycles. The van der Waals surface area contributed by atoms with Gasteiger partial charge in [0.15, 0.2) is 0 Å². The van der Waals surface area contributed by atoms with E-state index in [-0.39, 0.29) is 11.4 Å². The van der Waals surface area contributed by atoms with E-state index >= 15 is 0 Å². The summed E-state index contributed by atoms with van der Waals surface area (Å²) < 4.78 is 28.7. The van der Waals surface area contributed by atoms with E-state index in [2.05, 4.69) is 0 Å². The highest BCUT2D eigenvalue weighted by Gasteiger charge is 2.15. The predicted octanol–water partition coefficient (Wildman–Crippen LogP) is 1.48. The van der Waals surface area contributed by atoms with Crippen molar-refractivity contribution < 1.29 is 18.3 Å². The fourth-order valence-corrected chi connectivity index (χ4v) is 1.01. The summed E-state index contributed by atoms with van der Waals surface area (Å²) in [7, 11) is 1.43. The zero-order valence-electron chi connectivity index (χ0n) is 7.96. The largest absolute Gasteiger partial charge is 0.495 e. The average Bonchev–Trinajstić information content (AvgIpc) is 2.18. The fraction of sp³-hybridized carbons (Fsp3) is 0.222. The number of anilines is 2. The van der Waals surface area contributed by atoms with Crippen LogP contribution in [0, 0.1) is 0 Å². The number of carbonyl (C=O) groups is 1. The molecule has 15 heavy (non-hydrogen) atoms. The molecule has 1 aromatic rings. The van der Waals surface area contributed by atoms with E-state index in [0.717, 1.165) is 0 Å². The van der Waals surface area contributed by atoms with Crippen molar-refractivity contribution in [3.63, 3.8) is 0 Å². The van der Waals surface area contributed by atoms with Gasteiger partial charge in [-0.05, 0) is 18.2 Å². The summed E-state index contributed by atoms with van der Waals surface area (Å²) in [6.07, 6.45) is -3.05. The Morgan fingerprint density at radius 3 is 2.67 bits per heavy atom. The van der Waals surface area contributed by atoms with Gasteiger partial charge in [0, 0.05) is 5.69 Å². The van der Waals surface area contributed by atoms with Gasteiger partial charge in [0.1, 0.15) is 5.75 Å². The minimum atomic E-state index is -3.05. The molecular weight excluding hydrogens is 206 g/mol. The van der Waals surface area contributed by atoms with Crippen molar-refractivity contribution in [3.8, 4) is 5.75 Å². The van der Waals surface area contributed by atoms with E-state index in [4.69, 9.17) is 10.5 Å². The van der Waals surface area contributed by atoms with Crippen LogP contribution in [0.15, 0.2) is 18.2 Å². The Morgan fingerprint density at radius 1 is 1.53 bits per heavy atom. The second-order valence-electron chi connectivity index (χ2n) is 2.75. The van der Waals surface area contributed by atoms with Crippen LogP contribution in [0.5, 0.6) is 5.75 Å². The van der Waals surface area contributed by atoms with Gasteiger partial charge < -0.3 is 15.8 Å². The lowest BCUT2D eigenvalue weighted by Crippen LogP contribution is -2.20. The minimum Gasteiger partial charge on any atom is -0.495 e. The molecule has 0 bridgehead atoms. The number of nitrogens with one attached hydrogen (secondary N) is 1. The molecule has 0 spiro atoms. The molecule has 0 heterocycles. The van der Waals surface area contributed by atoms with Crippen molar-refractivity contribution in [1.29, 1.82) is 0 Å². The van der Waals surface area contributed by atoms with Gasteiger partial charge in [-0.2, -0.15) is 8.78 Å². The number of amides is 1. The van der Waals surface area contributed by atoms with E-state index in [1.54, 1.807) is 0 Å². The predicted molar refractivity (Wildman–Crippen MR) is 52.0 cm³/mol. The first kappa shape index (κ1) is 11.2. The molecule has 0 aliphatic heterocycles. The standard InChI is InChI=1S/C9H10F2N2O2/c1-15-7-3-2-5(4-6(7)12)13-9(14)8(10)11/h2-4,8H,12H2,1H3,(H,13,14). The zero-order chi connectivity index (χ0) is 11.4. The minimum absolute atomic E-state index is 0.207. The molecule has 0 saturated carbocycles. The maximum absolute atomic E-state index is 11.9. The molecule has 6 heteroatoms. The number of alkyl halides is 2. The lowest BCUT2D eigenvalue weighted by molar-refractivity contribution is -0.126. The molecule has 0 unspecified atom stereocenters. The van der Waals surface area contributed by atoms with Crippen molar-refractivity contribution >= 4 is 17.3 Å². The highest BCUT2D eigenvalue weighted by Crippen LogP contribution is 2.24. The summed E-state index contributed by atoms with van der Waals surface area (Å²) in [5.41, 5.74) is 6.00. The van der Waals surface area contributed by atoms with Crippen molar-refractivity contribution in [2.75, 3.05) is 18.2 Å².